The molecule has 0 spiro atoms. The molecule has 2 rings (SSSR count). The van der Waals surface area contributed by atoms with Crippen molar-refractivity contribution in [3.63, 3.8) is 0 Å². The zero-order valence-corrected chi connectivity index (χ0v) is 13.2. The molecule has 0 saturated carbocycles. The van der Waals surface area contributed by atoms with Gasteiger partial charge in [-0.25, -0.2) is 4.79 Å². The smallest absolute Gasteiger partial charge is 0.335 e. The average Bonchev–Trinajstić information content (AvgIpc) is 2.60. The molecule has 0 unspecified atom stereocenters. The molecule has 0 bridgehead atoms. The van der Waals surface area contributed by atoms with Crippen molar-refractivity contribution in [2.45, 2.75) is 13.0 Å². The third-order valence-corrected chi connectivity index (χ3v) is 3.81. The summed E-state index contributed by atoms with van der Waals surface area (Å²) >= 11 is 0. The molecule has 0 aliphatic heterocycles. The summed E-state index contributed by atoms with van der Waals surface area (Å²) in [6.45, 7) is 1.82. The number of benzene rings is 2. The standard InChI is InChI=1S/C17H16N2O5/c1-11(12-6-4-3-5-7-12)18(2)16(20)13-8-14(17(21)22)10-15(9-13)19(23)24/h3-11H,1-2H3,(H,21,22)/t11-/m1/s1. The molecular weight excluding hydrogens is 312 g/mol. The van der Waals surface area contributed by atoms with Gasteiger partial charge in [0, 0.05) is 24.7 Å². The van der Waals surface area contributed by atoms with Crippen LogP contribution in [0.1, 0.15) is 39.2 Å². The Morgan fingerprint density at radius 2 is 1.71 bits per heavy atom. The Morgan fingerprint density at radius 1 is 1.12 bits per heavy atom. The number of carboxylic acids is 1. The molecule has 0 aromatic heterocycles. The average molecular weight is 328 g/mol. The van der Waals surface area contributed by atoms with E-state index in [9.17, 15) is 19.7 Å². The van der Waals surface area contributed by atoms with E-state index < -0.39 is 22.5 Å². The molecule has 1 atom stereocenters. The first-order valence-electron chi connectivity index (χ1n) is 7.16. The maximum absolute atomic E-state index is 12.6. The number of carbonyl (C=O) groups is 2. The normalized spacial score (nSPS) is 11.6. The molecule has 124 valence electrons. The molecule has 1 amide bonds. The molecular formula is C17H16N2O5. The van der Waals surface area contributed by atoms with Crippen molar-refractivity contribution >= 4 is 17.6 Å². The summed E-state index contributed by atoms with van der Waals surface area (Å²) in [7, 11) is 1.57. The van der Waals surface area contributed by atoms with Crippen LogP contribution in [0.25, 0.3) is 0 Å². The fourth-order valence-electron chi connectivity index (χ4n) is 2.30. The third-order valence-electron chi connectivity index (χ3n) is 3.81. The van der Waals surface area contributed by atoms with Gasteiger partial charge < -0.3 is 10.0 Å². The Hall–Kier alpha value is -3.22. The molecule has 0 radical (unpaired) electrons. The lowest BCUT2D eigenvalue weighted by Crippen LogP contribution is -2.29. The number of hydrogen-bond donors (Lipinski definition) is 1. The number of rotatable bonds is 5. The van der Waals surface area contributed by atoms with Gasteiger partial charge in [0.25, 0.3) is 11.6 Å². The quantitative estimate of drug-likeness (QED) is 0.671. The van der Waals surface area contributed by atoms with Gasteiger partial charge in [-0.2, -0.15) is 0 Å². The molecule has 0 saturated heterocycles. The molecule has 0 aliphatic carbocycles. The summed E-state index contributed by atoms with van der Waals surface area (Å²) in [5.74, 6) is -1.82. The summed E-state index contributed by atoms with van der Waals surface area (Å²) in [5, 5.41) is 20.0. The lowest BCUT2D eigenvalue weighted by molar-refractivity contribution is -0.384. The number of aromatic carboxylic acids is 1. The van der Waals surface area contributed by atoms with Crippen LogP contribution in [0.3, 0.4) is 0 Å². The van der Waals surface area contributed by atoms with Crippen LogP contribution in [0.5, 0.6) is 0 Å². The van der Waals surface area contributed by atoms with Crippen LogP contribution in [0, 0.1) is 10.1 Å². The Kier molecular flexibility index (Phi) is 4.93. The molecule has 0 fully saturated rings. The van der Waals surface area contributed by atoms with E-state index in [1.807, 2.05) is 37.3 Å². The molecule has 0 heterocycles. The summed E-state index contributed by atoms with van der Waals surface area (Å²) < 4.78 is 0. The SMILES string of the molecule is C[C@H](c1ccccc1)N(C)C(=O)c1cc(C(=O)O)cc([N+](=O)[O-])c1. The summed E-state index contributed by atoms with van der Waals surface area (Å²) in [6.07, 6.45) is 0. The van der Waals surface area contributed by atoms with Crippen molar-refractivity contribution in [3.8, 4) is 0 Å². The van der Waals surface area contributed by atoms with E-state index in [1.165, 1.54) is 4.90 Å². The fraction of sp³-hybridized carbons (Fsp3) is 0.176. The molecule has 24 heavy (non-hydrogen) atoms. The minimum absolute atomic E-state index is 0.0353. The van der Waals surface area contributed by atoms with E-state index in [4.69, 9.17) is 5.11 Å². The number of carboxylic acid groups (broad SMARTS) is 1. The monoisotopic (exact) mass is 328 g/mol. The first-order chi connectivity index (χ1) is 11.3. The van der Waals surface area contributed by atoms with Gasteiger partial charge >= 0.3 is 5.97 Å². The predicted octanol–water partition coefficient (Wildman–Crippen LogP) is 3.13. The van der Waals surface area contributed by atoms with Crippen molar-refractivity contribution in [1.29, 1.82) is 0 Å². The van der Waals surface area contributed by atoms with Gasteiger partial charge in [0.1, 0.15) is 0 Å². The highest BCUT2D eigenvalue weighted by Crippen LogP contribution is 2.23. The van der Waals surface area contributed by atoms with Gasteiger partial charge in [-0.05, 0) is 18.6 Å². The first-order valence-corrected chi connectivity index (χ1v) is 7.16. The minimum Gasteiger partial charge on any atom is -0.478 e. The summed E-state index contributed by atoms with van der Waals surface area (Å²) in [5.41, 5.74) is 0.136. The Labute approximate surface area is 138 Å². The van der Waals surface area contributed by atoms with Gasteiger partial charge in [-0.3, -0.25) is 14.9 Å². The molecule has 7 nitrogen and oxygen atoms in total. The number of nitro groups is 1. The van der Waals surface area contributed by atoms with Gasteiger partial charge in [-0.1, -0.05) is 30.3 Å². The second-order valence-electron chi connectivity index (χ2n) is 5.33. The minimum atomic E-state index is -1.33. The van der Waals surface area contributed by atoms with Crippen molar-refractivity contribution < 1.29 is 19.6 Å². The second-order valence-corrected chi connectivity index (χ2v) is 5.33. The maximum atomic E-state index is 12.6. The van der Waals surface area contributed by atoms with E-state index in [-0.39, 0.29) is 17.2 Å². The lowest BCUT2D eigenvalue weighted by atomic mass is 10.0. The van der Waals surface area contributed by atoms with Crippen LogP contribution in [0.2, 0.25) is 0 Å². The molecule has 2 aromatic rings. The number of nitro benzene ring substituents is 1. The lowest BCUT2D eigenvalue weighted by Gasteiger charge is -2.25. The Balaban J connectivity index is 2.38. The van der Waals surface area contributed by atoms with Crippen LogP contribution < -0.4 is 0 Å². The van der Waals surface area contributed by atoms with Crippen molar-refractivity contribution in [2.24, 2.45) is 0 Å². The Morgan fingerprint density at radius 3 is 2.25 bits per heavy atom. The highest BCUT2D eigenvalue weighted by molar-refractivity contribution is 5.98. The zero-order chi connectivity index (χ0) is 17.9. The third kappa shape index (κ3) is 3.57. The van der Waals surface area contributed by atoms with Crippen LogP contribution in [0.15, 0.2) is 48.5 Å². The molecule has 2 aromatic carbocycles. The van der Waals surface area contributed by atoms with Crippen molar-refractivity contribution in [3.05, 3.63) is 75.3 Å². The van der Waals surface area contributed by atoms with Crippen LogP contribution in [-0.4, -0.2) is 33.9 Å². The topological polar surface area (TPSA) is 101 Å². The maximum Gasteiger partial charge on any atom is 0.335 e. The van der Waals surface area contributed by atoms with Crippen molar-refractivity contribution in [2.75, 3.05) is 7.05 Å². The fourth-order valence-corrected chi connectivity index (χ4v) is 2.30. The van der Waals surface area contributed by atoms with E-state index >= 15 is 0 Å². The summed E-state index contributed by atoms with van der Waals surface area (Å²) in [4.78, 5) is 35.4. The summed E-state index contributed by atoms with van der Waals surface area (Å²) in [6, 6.07) is 12.2. The number of non-ortho nitro benzene ring substituents is 1. The van der Waals surface area contributed by atoms with Gasteiger partial charge in [-0.15, -0.1) is 0 Å². The molecule has 7 heteroatoms. The van der Waals surface area contributed by atoms with E-state index in [0.29, 0.717) is 0 Å². The largest absolute Gasteiger partial charge is 0.478 e. The zero-order valence-electron chi connectivity index (χ0n) is 13.2. The van der Waals surface area contributed by atoms with Gasteiger partial charge in [0.05, 0.1) is 16.5 Å². The number of hydrogen-bond acceptors (Lipinski definition) is 4. The Bertz CT molecular complexity index is 757. The van der Waals surface area contributed by atoms with E-state index in [1.54, 1.807) is 7.05 Å². The number of nitrogens with zero attached hydrogens (tertiary/aromatic N) is 2. The van der Waals surface area contributed by atoms with Crippen LogP contribution >= 0.6 is 0 Å². The number of carbonyl (C=O) groups excluding carboxylic acids is 1. The molecule has 0 aliphatic rings. The van der Waals surface area contributed by atoms with Gasteiger partial charge in [0.2, 0.25) is 0 Å². The van der Waals surface area contributed by atoms with Crippen LogP contribution in [-0.2, 0) is 0 Å². The van der Waals surface area contributed by atoms with Crippen LogP contribution in [0.4, 0.5) is 5.69 Å². The van der Waals surface area contributed by atoms with E-state index in [2.05, 4.69) is 0 Å². The van der Waals surface area contributed by atoms with Gasteiger partial charge in [0.15, 0.2) is 0 Å². The van der Waals surface area contributed by atoms with Crippen molar-refractivity contribution in [1.82, 2.24) is 4.90 Å². The molecule has 1 N–H and O–H groups in total. The highest BCUT2D eigenvalue weighted by atomic mass is 16.6. The highest BCUT2D eigenvalue weighted by Gasteiger charge is 2.23. The number of amides is 1. The second kappa shape index (κ2) is 6.91. The van der Waals surface area contributed by atoms with E-state index in [0.717, 1.165) is 23.8 Å². The first kappa shape index (κ1) is 17.1. The predicted molar refractivity (Wildman–Crippen MR) is 87.0 cm³/mol.